The second kappa shape index (κ2) is 8.53. The highest BCUT2D eigenvalue weighted by Crippen LogP contribution is 2.24. The predicted molar refractivity (Wildman–Crippen MR) is 110 cm³/mol. The molecular formula is C21H21ClN4O3. The van der Waals surface area contributed by atoms with Gasteiger partial charge in [-0.05, 0) is 29.8 Å². The molecule has 1 aromatic heterocycles. The molecule has 3 aromatic rings. The van der Waals surface area contributed by atoms with Gasteiger partial charge in [0.2, 0.25) is 11.7 Å². The highest BCUT2D eigenvalue weighted by molar-refractivity contribution is 6.30. The van der Waals surface area contributed by atoms with Gasteiger partial charge in [0, 0.05) is 36.8 Å². The van der Waals surface area contributed by atoms with Gasteiger partial charge in [-0.15, -0.1) is 0 Å². The first-order valence-corrected chi connectivity index (χ1v) is 9.75. The molecule has 7 nitrogen and oxygen atoms in total. The Morgan fingerprint density at radius 1 is 1.14 bits per heavy atom. The zero-order chi connectivity index (χ0) is 20.2. The molecule has 0 radical (unpaired) electrons. The number of hydrogen-bond donors (Lipinski definition) is 0. The van der Waals surface area contributed by atoms with Crippen LogP contribution in [0.1, 0.15) is 5.56 Å². The van der Waals surface area contributed by atoms with Crippen molar-refractivity contribution in [2.24, 2.45) is 0 Å². The molecule has 2 aromatic carbocycles. The van der Waals surface area contributed by atoms with Crippen LogP contribution in [0.15, 0.2) is 53.1 Å². The number of ether oxygens (including phenoxy) is 1. The highest BCUT2D eigenvalue weighted by atomic mass is 35.5. The smallest absolute Gasteiger partial charge is 0.324 e. The van der Waals surface area contributed by atoms with Gasteiger partial charge in [0.15, 0.2) is 0 Å². The van der Waals surface area contributed by atoms with E-state index in [2.05, 4.69) is 10.1 Å². The van der Waals surface area contributed by atoms with Gasteiger partial charge in [0.25, 0.3) is 0 Å². The second-order valence-electron chi connectivity index (χ2n) is 6.81. The average Bonchev–Trinajstić information content (AvgIpc) is 3.24. The summed E-state index contributed by atoms with van der Waals surface area (Å²) >= 11 is 6.00. The summed E-state index contributed by atoms with van der Waals surface area (Å²) < 4.78 is 10.7. The maximum absolute atomic E-state index is 12.6. The van der Waals surface area contributed by atoms with Crippen LogP contribution in [0.3, 0.4) is 0 Å². The van der Waals surface area contributed by atoms with E-state index < -0.39 is 0 Å². The lowest BCUT2D eigenvalue weighted by atomic mass is 10.1. The van der Waals surface area contributed by atoms with Crippen LogP contribution < -0.4 is 9.64 Å². The number of amides is 1. The summed E-state index contributed by atoms with van der Waals surface area (Å²) in [5, 5.41) is 4.72. The van der Waals surface area contributed by atoms with Crippen molar-refractivity contribution in [1.29, 1.82) is 0 Å². The van der Waals surface area contributed by atoms with Crippen LogP contribution in [-0.2, 0) is 11.2 Å². The van der Waals surface area contributed by atoms with Crippen molar-refractivity contribution in [3.05, 3.63) is 59.1 Å². The van der Waals surface area contributed by atoms with Crippen molar-refractivity contribution in [2.45, 2.75) is 6.42 Å². The molecule has 1 saturated heterocycles. The number of anilines is 1. The Hall–Kier alpha value is -3.06. The fourth-order valence-electron chi connectivity index (χ4n) is 3.30. The first kappa shape index (κ1) is 19.3. The number of aromatic nitrogens is 2. The van der Waals surface area contributed by atoms with E-state index in [1.165, 1.54) is 0 Å². The number of benzene rings is 2. The van der Waals surface area contributed by atoms with E-state index in [1.54, 1.807) is 13.2 Å². The van der Waals surface area contributed by atoms with Crippen molar-refractivity contribution in [1.82, 2.24) is 15.0 Å². The van der Waals surface area contributed by atoms with Crippen molar-refractivity contribution in [3.8, 4) is 17.1 Å². The zero-order valence-electron chi connectivity index (χ0n) is 16.0. The Bertz CT molecular complexity index is 999. The third-order valence-corrected chi connectivity index (χ3v) is 5.13. The molecule has 8 heteroatoms. The van der Waals surface area contributed by atoms with E-state index >= 15 is 0 Å². The highest BCUT2D eigenvalue weighted by Gasteiger charge is 2.24. The molecule has 29 heavy (non-hydrogen) atoms. The fourth-order valence-corrected chi connectivity index (χ4v) is 3.52. The number of hydrogen-bond acceptors (Lipinski definition) is 6. The SMILES string of the molecule is COc1cccc(-c2noc(N3CCN(C(=O)Cc4cccc(Cl)c4)CC3)n2)c1. The van der Waals surface area contributed by atoms with Crippen LogP contribution in [0.5, 0.6) is 5.75 Å². The lowest BCUT2D eigenvalue weighted by molar-refractivity contribution is -0.130. The second-order valence-corrected chi connectivity index (χ2v) is 7.24. The van der Waals surface area contributed by atoms with E-state index in [0.717, 1.165) is 16.9 Å². The number of rotatable bonds is 5. The molecule has 2 heterocycles. The van der Waals surface area contributed by atoms with E-state index in [0.29, 0.717) is 49.5 Å². The van der Waals surface area contributed by atoms with Crippen LogP contribution in [-0.4, -0.2) is 54.2 Å². The monoisotopic (exact) mass is 412 g/mol. The summed E-state index contributed by atoms with van der Waals surface area (Å²) in [7, 11) is 1.62. The lowest BCUT2D eigenvalue weighted by Crippen LogP contribution is -2.49. The molecule has 0 unspecified atom stereocenters. The van der Waals surface area contributed by atoms with Crippen molar-refractivity contribution in [2.75, 3.05) is 38.2 Å². The van der Waals surface area contributed by atoms with Gasteiger partial charge >= 0.3 is 6.01 Å². The number of nitrogens with zero attached hydrogens (tertiary/aromatic N) is 4. The molecule has 1 aliphatic heterocycles. The Balaban J connectivity index is 1.36. The van der Waals surface area contributed by atoms with E-state index in [4.69, 9.17) is 20.9 Å². The number of piperazine rings is 1. The zero-order valence-corrected chi connectivity index (χ0v) is 16.8. The Kier molecular flexibility index (Phi) is 5.67. The molecule has 4 rings (SSSR count). The number of halogens is 1. The summed E-state index contributed by atoms with van der Waals surface area (Å²) in [6.45, 7) is 2.49. The molecular weight excluding hydrogens is 392 g/mol. The van der Waals surface area contributed by atoms with Crippen LogP contribution in [0, 0.1) is 0 Å². The third-order valence-electron chi connectivity index (χ3n) is 4.89. The van der Waals surface area contributed by atoms with E-state index in [-0.39, 0.29) is 5.91 Å². The van der Waals surface area contributed by atoms with Crippen LogP contribution in [0.4, 0.5) is 6.01 Å². The average molecular weight is 413 g/mol. The predicted octanol–water partition coefficient (Wildman–Crippen LogP) is 3.29. The summed E-state index contributed by atoms with van der Waals surface area (Å²) in [6.07, 6.45) is 0.348. The van der Waals surface area contributed by atoms with Crippen LogP contribution in [0.25, 0.3) is 11.4 Å². The van der Waals surface area contributed by atoms with Gasteiger partial charge in [-0.1, -0.05) is 41.0 Å². The van der Waals surface area contributed by atoms with Crippen LogP contribution in [0.2, 0.25) is 5.02 Å². The van der Waals surface area contributed by atoms with Gasteiger partial charge in [0.05, 0.1) is 13.5 Å². The minimum atomic E-state index is 0.0921. The largest absolute Gasteiger partial charge is 0.497 e. The van der Waals surface area contributed by atoms with Gasteiger partial charge in [-0.25, -0.2) is 0 Å². The molecule has 0 atom stereocenters. The minimum absolute atomic E-state index is 0.0921. The van der Waals surface area contributed by atoms with Gasteiger partial charge in [-0.2, -0.15) is 4.98 Å². The number of carbonyl (C=O) groups excluding carboxylic acids is 1. The third kappa shape index (κ3) is 4.51. The van der Waals surface area contributed by atoms with Gasteiger partial charge in [0.1, 0.15) is 5.75 Å². The Morgan fingerprint density at radius 2 is 1.93 bits per heavy atom. The summed E-state index contributed by atoms with van der Waals surface area (Å²) in [6, 6.07) is 15.4. The normalized spacial score (nSPS) is 14.1. The lowest BCUT2D eigenvalue weighted by Gasteiger charge is -2.33. The Labute approximate surface area is 173 Å². The molecule has 0 saturated carbocycles. The van der Waals surface area contributed by atoms with Crippen molar-refractivity contribution < 1.29 is 14.1 Å². The Morgan fingerprint density at radius 3 is 2.69 bits per heavy atom. The maximum atomic E-state index is 12.6. The number of carbonyl (C=O) groups is 1. The number of methoxy groups -OCH3 is 1. The quantitative estimate of drug-likeness (QED) is 0.640. The molecule has 1 amide bonds. The van der Waals surface area contributed by atoms with Gasteiger partial charge < -0.3 is 19.1 Å². The molecule has 150 valence electrons. The van der Waals surface area contributed by atoms with Gasteiger partial charge in [-0.3, -0.25) is 4.79 Å². The summed E-state index contributed by atoms with van der Waals surface area (Å²) in [4.78, 5) is 20.9. The minimum Gasteiger partial charge on any atom is -0.497 e. The topological polar surface area (TPSA) is 71.7 Å². The standard InChI is InChI=1S/C21H21ClN4O3/c1-28-18-7-3-5-16(14-18)20-23-21(29-24-20)26-10-8-25(9-11-26)19(27)13-15-4-2-6-17(22)12-15/h2-7,12,14H,8-11,13H2,1H3. The molecule has 0 bridgehead atoms. The maximum Gasteiger partial charge on any atom is 0.324 e. The first-order valence-electron chi connectivity index (χ1n) is 9.37. The van der Waals surface area contributed by atoms with Crippen LogP contribution >= 0.6 is 11.6 Å². The summed E-state index contributed by atoms with van der Waals surface area (Å²) in [5.41, 5.74) is 1.75. The molecule has 0 spiro atoms. The van der Waals surface area contributed by atoms with E-state index in [9.17, 15) is 4.79 Å². The first-order chi connectivity index (χ1) is 14.1. The molecule has 0 aliphatic carbocycles. The molecule has 1 fully saturated rings. The van der Waals surface area contributed by atoms with E-state index in [1.807, 2.05) is 52.3 Å². The fraction of sp³-hybridized carbons (Fsp3) is 0.286. The van der Waals surface area contributed by atoms with Crippen molar-refractivity contribution >= 4 is 23.5 Å². The molecule has 1 aliphatic rings. The van der Waals surface area contributed by atoms with Crippen molar-refractivity contribution in [3.63, 3.8) is 0 Å². The molecule has 0 N–H and O–H groups in total. The summed E-state index contributed by atoms with van der Waals surface area (Å²) in [5.74, 6) is 1.34.